The standard InChI is InChI=1S/C14H24N2O2/c1-2-18-13(15)12(17)11-10-4-8-3-9(5-10)7-14(11,16)6-8/h8-11,13H,2-7,15-16H2,1H3. The zero-order valence-corrected chi connectivity index (χ0v) is 11.1. The van der Waals surface area contributed by atoms with Crippen molar-refractivity contribution in [3.63, 3.8) is 0 Å². The van der Waals surface area contributed by atoms with Crippen molar-refractivity contribution in [1.29, 1.82) is 0 Å². The fourth-order valence-corrected chi connectivity index (χ4v) is 5.06. The van der Waals surface area contributed by atoms with Crippen LogP contribution < -0.4 is 11.5 Å². The van der Waals surface area contributed by atoms with Crippen molar-refractivity contribution in [2.75, 3.05) is 6.61 Å². The van der Waals surface area contributed by atoms with Gasteiger partial charge >= 0.3 is 0 Å². The summed E-state index contributed by atoms with van der Waals surface area (Å²) < 4.78 is 5.28. The zero-order valence-electron chi connectivity index (χ0n) is 11.1. The first-order valence-corrected chi connectivity index (χ1v) is 7.23. The van der Waals surface area contributed by atoms with Crippen molar-refractivity contribution in [1.82, 2.24) is 0 Å². The minimum absolute atomic E-state index is 0.0446. The van der Waals surface area contributed by atoms with Gasteiger partial charge in [-0.15, -0.1) is 0 Å². The van der Waals surface area contributed by atoms with E-state index in [-0.39, 0.29) is 17.2 Å². The van der Waals surface area contributed by atoms with Gasteiger partial charge in [-0.3, -0.25) is 10.5 Å². The van der Waals surface area contributed by atoms with Gasteiger partial charge in [0.25, 0.3) is 0 Å². The number of carbonyl (C=O) groups is 1. The van der Waals surface area contributed by atoms with Gasteiger partial charge in [0.05, 0.1) is 0 Å². The molecule has 4 N–H and O–H groups in total. The molecule has 0 radical (unpaired) electrons. The van der Waals surface area contributed by atoms with Gasteiger partial charge in [0.1, 0.15) is 0 Å². The van der Waals surface area contributed by atoms with Crippen LogP contribution in [-0.2, 0) is 9.53 Å². The number of Topliss-reactive ketones (excluding diaryl/α,β-unsaturated/α-hetero) is 1. The number of nitrogens with two attached hydrogens (primary N) is 2. The normalized spacial score (nSPS) is 47.3. The summed E-state index contributed by atoms with van der Waals surface area (Å²) in [6, 6.07) is 0. The maximum atomic E-state index is 12.5. The number of rotatable bonds is 4. The Morgan fingerprint density at radius 1 is 1.33 bits per heavy atom. The maximum Gasteiger partial charge on any atom is 0.181 e. The number of ketones is 1. The van der Waals surface area contributed by atoms with E-state index in [0.717, 1.165) is 24.7 Å². The molecule has 0 aromatic carbocycles. The van der Waals surface area contributed by atoms with E-state index in [9.17, 15) is 4.79 Å². The van der Waals surface area contributed by atoms with Crippen LogP contribution in [0.15, 0.2) is 0 Å². The number of carbonyl (C=O) groups excluding carboxylic acids is 1. The lowest BCUT2D eigenvalue weighted by molar-refractivity contribution is -0.149. The fraction of sp³-hybridized carbons (Fsp3) is 0.929. The highest BCUT2D eigenvalue weighted by Gasteiger charge is 2.58. The molecule has 0 heterocycles. The van der Waals surface area contributed by atoms with Gasteiger partial charge in [-0.1, -0.05) is 0 Å². The van der Waals surface area contributed by atoms with Gasteiger partial charge < -0.3 is 10.5 Å². The Balaban J connectivity index is 1.81. The second-order valence-corrected chi connectivity index (χ2v) is 6.60. The Bertz CT molecular complexity index is 344. The smallest absolute Gasteiger partial charge is 0.181 e. The van der Waals surface area contributed by atoms with Crippen LogP contribution in [-0.4, -0.2) is 24.2 Å². The number of hydrogen-bond acceptors (Lipinski definition) is 4. The summed E-state index contributed by atoms with van der Waals surface area (Å²) in [5.74, 6) is 1.94. The number of hydrogen-bond donors (Lipinski definition) is 2. The Morgan fingerprint density at radius 3 is 2.44 bits per heavy atom. The quantitative estimate of drug-likeness (QED) is 0.733. The van der Waals surface area contributed by atoms with Gasteiger partial charge in [0.15, 0.2) is 12.0 Å². The highest BCUT2D eigenvalue weighted by molar-refractivity contribution is 5.86. The summed E-state index contributed by atoms with van der Waals surface area (Å²) >= 11 is 0. The zero-order chi connectivity index (χ0) is 12.9. The molecule has 0 spiro atoms. The topological polar surface area (TPSA) is 78.3 Å². The summed E-state index contributed by atoms with van der Waals surface area (Å²) in [5.41, 5.74) is 12.1. The molecule has 4 nitrogen and oxygen atoms in total. The molecule has 4 aliphatic rings. The fourth-order valence-electron chi connectivity index (χ4n) is 5.06. The average Bonchev–Trinajstić information content (AvgIpc) is 2.26. The highest BCUT2D eigenvalue weighted by atomic mass is 16.5. The molecular formula is C14H24N2O2. The predicted octanol–water partition coefficient (Wildman–Crippen LogP) is 1.03. The maximum absolute atomic E-state index is 12.5. The summed E-state index contributed by atoms with van der Waals surface area (Å²) in [6.07, 6.45) is 4.91. The molecule has 0 aliphatic heterocycles. The van der Waals surface area contributed by atoms with Crippen LogP contribution in [0.25, 0.3) is 0 Å². The highest BCUT2D eigenvalue weighted by Crippen LogP contribution is 2.57. The van der Waals surface area contributed by atoms with E-state index < -0.39 is 6.23 Å². The summed E-state index contributed by atoms with van der Waals surface area (Å²) in [7, 11) is 0. The summed E-state index contributed by atoms with van der Waals surface area (Å²) in [5, 5.41) is 0. The van der Waals surface area contributed by atoms with Crippen molar-refractivity contribution in [2.24, 2.45) is 35.1 Å². The molecule has 102 valence electrons. The Kier molecular flexibility index (Phi) is 3.00. The third kappa shape index (κ3) is 1.82. The van der Waals surface area contributed by atoms with Crippen molar-refractivity contribution in [3.8, 4) is 0 Å². The van der Waals surface area contributed by atoms with Gasteiger partial charge in [0.2, 0.25) is 0 Å². The van der Waals surface area contributed by atoms with Gasteiger partial charge in [-0.25, -0.2) is 0 Å². The van der Waals surface area contributed by atoms with E-state index in [4.69, 9.17) is 16.2 Å². The minimum Gasteiger partial charge on any atom is -0.356 e. The largest absolute Gasteiger partial charge is 0.356 e. The van der Waals surface area contributed by atoms with Gasteiger partial charge in [0, 0.05) is 18.1 Å². The molecule has 4 aliphatic carbocycles. The van der Waals surface area contributed by atoms with Crippen LogP contribution in [0.5, 0.6) is 0 Å². The van der Waals surface area contributed by atoms with Crippen LogP contribution in [0, 0.1) is 23.7 Å². The predicted molar refractivity (Wildman–Crippen MR) is 68.6 cm³/mol. The Labute approximate surface area is 108 Å². The first-order chi connectivity index (χ1) is 8.53. The van der Waals surface area contributed by atoms with E-state index in [1.54, 1.807) is 0 Å². The third-order valence-corrected chi connectivity index (χ3v) is 5.30. The first kappa shape index (κ1) is 12.6. The first-order valence-electron chi connectivity index (χ1n) is 7.23. The molecule has 0 aromatic rings. The van der Waals surface area contributed by atoms with Crippen LogP contribution >= 0.6 is 0 Å². The molecule has 0 saturated heterocycles. The molecular weight excluding hydrogens is 228 g/mol. The summed E-state index contributed by atoms with van der Waals surface area (Å²) in [4.78, 5) is 12.5. The second-order valence-electron chi connectivity index (χ2n) is 6.60. The lowest BCUT2D eigenvalue weighted by Gasteiger charge is -2.59. The Hall–Kier alpha value is -0.450. The van der Waals surface area contributed by atoms with Crippen LogP contribution in [0.2, 0.25) is 0 Å². The van der Waals surface area contributed by atoms with E-state index in [2.05, 4.69) is 0 Å². The van der Waals surface area contributed by atoms with E-state index in [1.165, 1.54) is 19.3 Å². The van der Waals surface area contributed by atoms with E-state index in [1.807, 2.05) is 6.92 Å². The molecule has 4 saturated carbocycles. The molecule has 4 rings (SSSR count). The molecule has 4 atom stereocenters. The third-order valence-electron chi connectivity index (χ3n) is 5.30. The Morgan fingerprint density at radius 2 is 1.94 bits per heavy atom. The van der Waals surface area contributed by atoms with Gasteiger partial charge in [-0.05, 0) is 56.8 Å². The average molecular weight is 252 g/mol. The monoisotopic (exact) mass is 252 g/mol. The van der Waals surface area contributed by atoms with Gasteiger partial charge in [-0.2, -0.15) is 0 Å². The van der Waals surface area contributed by atoms with E-state index in [0.29, 0.717) is 12.5 Å². The molecule has 0 amide bonds. The minimum atomic E-state index is -0.780. The van der Waals surface area contributed by atoms with Crippen LogP contribution in [0.1, 0.15) is 39.0 Å². The lowest BCUT2D eigenvalue weighted by Crippen LogP contribution is -2.66. The van der Waals surface area contributed by atoms with Crippen molar-refractivity contribution >= 4 is 5.78 Å². The van der Waals surface area contributed by atoms with Crippen molar-refractivity contribution in [3.05, 3.63) is 0 Å². The second kappa shape index (κ2) is 4.29. The number of ether oxygens (including phenoxy) is 1. The van der Waals surface area contributed by atoms with Crippen LogP contribution in [0.4, 0.5) is 0 Å². The molecule has 0 aromatic heterocycles. The molecule has 4 fully saturated rings. The molecule has 4 heteroatoms. The molecule has 4 unspecified atom stereocenters. The molecule has 18 heavy (non-hydrogen) atoms. The van der Waals surface area contributed by atoms with E-state index >= 15 is 0 Å². The SMILES string of the molecule is CCOC(N)C(=O)C1C2CC3CC(C2)CC1(N)C3. The van der Waals surface area contributed by atoms with Crippen molar-refractivity contribution in [2.45, 2.75) is 50.8 Å². The molecule has 4 bridgehead atoms. The van der Waals surface area contributed by atoms with Crippen molar-refractivity contribution < 1.29 is 9.53 Å². The van der Waals surface area contributed by atoms with Crippen LogP contribution in [0.3, 0.4) is 0 Å². The summed E-state index contributed by atoms with van der Waals surface area (Å²) in [6.45, 7) is 2.34. The lowest BCUT2D eigenvalue weighted by atomic mass is 9.48.